The van der Waals surface area contributed by atoms with Gasteiger partial charge in [-0.2, -0.15) is 0 Å². The van der Waals surface area contributed by atoms with Gasteiger partial charge < -0.3 is 15.6 Å². The number of carbonyl (C=O) groups excluding carboxylic acids is 1. The molecule has 2 saturated carbocycles. The molecule has 5 nitrogen and oxygen atoms in total. The maximum absolute atomic E-state index is 12.3. The summed E-state index contributed by atoms with van der Waals surface area (Å²) in [6.07, 6.45) is 9.09. The Labute approximate surface area is 144 Å². The van der Waals surface area contributed by atoms with Crippen LogP contribution in [-0.2, 0) is 11.3 Å². The van der Waals surface area contributed by atoms with Crippen molar-refractivity contribution in [1.29, 1.82) is 0 Å². The third-order valence-electron chi connectivity index (χ3n) is 4.99. The zero-order chi connectivity index (χ0) is 14.1. The minimum absolute atomic E-state index is 0. The van der Waals surface area contributed by atoms with E-state index in [1.165, 1.54) is 12.8 Å². The van der Waals surface area contributed by atoms with Crippen LogP contribution in [-0.4, -0.2) is 28.0 Å². The largest absolute Gasteiger partial charge is 0.355 e. The first-order valence-corrected chi connectivity index (χ1v) is 7.64. The summed E-state index contributed by atoms with van der Waals surface area (Å²) in [7, 11) is 0. The second-order valence-electron chi connectivity index (χ2n) is 6.55. The molecule has 2 fully saturated rings. The molecule has 2 aliphatic rings. The molecule has 1 aromatic rings. The van der Waals surface area contributed by atoms with E-state index in [-0.39, 0.29) is 42.7 Å². The summed E-state index contributed by atoms with van der Waals surface area (Å²) < 4.78 is 2.04. The van der Waals surface area contributed by atoms with Crippen LogP contribution in [0.4, 0.5) is 0 Å². The van der Waals surface area contributed by atoms with Gasteiger partial charge in [-0.15, -0.1) is 24.8 Å². The number of nitrogens with zero attached hydrogens (tertiary/aromatic N) is 2. The van der Waals surface area contributed by atoms with Gasteiger partial charge in [0, 0.05) is 31.5 Å². The van der Waals surface area contributed by atoms with Crippen LogP contribution >= 0.6 is 24.8 Å². The molecule has 1 amide bonds. The Morgan fingerprint density at radius 2 is 2.14 bits per heavy atom. The van der Waals surface area contributed by atoms with E-state index in [1.54, 1.807) is 6.20 Å². The van der Waals surface area contributed by atoms with Crippen molar-refractivity contribution in [3.05, 3.63) is 18.7 Å². The zero-order valence-electron chi connectivity index (χ0n) is 12.9. The number of hydrogen-bond donors (Lipinski definition) is 2. The quantitative estimate of drug-likeness (QED) is 0.852. The Bertz CT molecular complexity index is 466. The number of amides is 1. The highest BCUT2D eigenvalue weighted by atomic mass is 35.5. The van der Waals surface area contributed by atoms with E-state index in [1.807, 2.05) is 17.1 Å². The smallest absolute Gasteiger partial charge is 0.224 e. The number of nitrogens with one attached hydrogen (secondary N) is 1. The molecule has 5 atom stereocenters. The van der Waals surface area contributed by atoms with Crippen LogP contribution in [0.3, 0.4) is 0 Å². The van der Waals surface area contributed by atoms with E-state index in [2.05, 4.69) is 17.2 Å². The minimum atomic E-state index is 0. The van der Waals surface area contributed by atoms with Crippen LogP contribution in [0, 0.1) is 23.7 Å². The molecule has 126 valence electrons. The molecule has 2 aliphatic carbocycles. The molecule has 5 unspecified atom stereocenters. The molecular formula is C15H26Cl2N4O. The van der Waals surface area contributed by atoms with Crippen molar-refractivity contribution < 1.29 is 4.79 Å². The van der Waals surface area contributed by atoms with Crippen molar-refractivity contribution in [2.24, 2.45) is 29.4 Å². The molecule has 0 aromatic carbocycles. The lowest BCUT2D eigenvalue weighted by Gasteiger charge is -2.27. The summed E-state index contributed by atoms with van der Waals surface area (Å²) in [5, 5.41) is 3.10. The molecule has 0 aliphatic heterocycles. The average Bonchev–Trinajstić information content (AvgIpc) is 3.12. The highest BCUT2D eigenvalue weighted by molar-refractivity contribution is 5.85. The SMILES string of the molecule is CC(CNC(=O)C1C2CCC(C2)C1N)Cn1ccnc1.Cl.Cl. The number of carbonyl (C=O) groups is 1. The van der Waals surface area contributed by atoms with Crippen LogP contribution < -0.4 is 11.1 Å². The van der Waals surface area contributed by atoms with Gasteiger partial charge in [-0.05, 0) is 37.0 Å². The van der Waals surface area contributed by atoms with Crippen molar-refractivity contribution >= 4 is 30.7 Å². The average molecular weight is 349 g/mol. The minimum Gasteiger partial charge on any atom is -0.355 e. The zero-order valence-corrected chi connectivity index (χ0v) is 14.5. The predicted molar refractivity (Wildman–Crippen MR) is 91.2 cm³/mol. The Hall–Kier alpha value is -0.780. The van der Waals surface area contributed by atoms with Crippen LogP contribution in [0.25, 0.3) is 0 Å². The first kappa shape index (κ1) is 19.3. The molecule has 0 radical (unpaired) electrons. The molecule has 0 saturated heterocycles. The van der Waals surface area contributed by atoms with Crippen molar-refractivity contribution in [3.8, 4) is 0 Å². The molecular weight excluding hydrogens is 323 g/mol. The predicted octanol–water partition coefficient (Wildman–Crippen LogP) is 1.85. The molecule has 2 bridgehead atoms. The van der Waals surface area contributed by atoms with Crippen LogP contribution in [0.1, 0.15) is 26.2 Å². The Balaban J connectivity index is 0.00000121. The fourth-order valence-electron chi connectivity index (χ4n) is 3.94. The number of nitrogens with two attached hydrogens (primary N) is 1. The van der Waals surface area contributed by atoms with Gasteiger partial charge in [0.1, 0.15) is 0 Å². The highest BCUT2D eigenvalue weighted by Gasteiger charge is 2.48. The van der Waals surface area contributed by atoms with Gasteiger partial charge in [-0.1, -0.05) is 6.92 Å². The van der Waals surface area contributed by atoms with Crippen molar-refractivity contribution in [2.45, 2.75) is 38.8 Å². The molecule has 0 spiro atoms. The van der Waals surface area contributed by atoms with Crippen molar-refractivity contribution in [1.82, 2.24) is 14.9 Å². The van der Waals surface area contributed by atoms with Gasteiger partial charge in [-0.3, -0.25) is 4.79 Å². The van der Waals surface area contributed by atoms with Gasteiger partial charge in [0.25, 0.3) is 0 Å². The normalized spacial score (nSPS) is 30.3. The standard InChI is InChI=1S/C15H24N4O.2ClH/c1-10(8-19-5-4-17-9-19)7-18-15(20)13-11-2-3-12(6-11)14(13)16;;/h4-5,9-14H,2-3,6-8,16H2,1H3,(H,18,20);2*1H. The van der Waals surface area contributed by atoms with Crippen molar-refractivity contribution in [2.75, 3.05) is 6.54 Å². The number of aromatic nitrogens is 2. The molecule has 3 rings (SSSR count). The summed E-state index contributed by atoms with van der Waals surface area (Å²) in [6, 6.07) is 0.0812. The lowest BCUT2D eigenvalue weighted by atomic mass is 9.84. The summed E-state index contributed by atoms with van der Waals surface area (Å²) in [6.45, 7) is 3.72. The molecule has 1 heterocycles. The maximum atomic E-state index is 12.3. The fraction of sp³-hybridized carbons (Fsp3) is 0.733. The number of hydrogen-bond acceptors (Lipinski definition) is 3. The third kappa shape index (κ3) is 3.94. The van der Waals surface area contributed by atoms with Crippen LogP contribution in [0.15, 0.2) is 18.7 Å². The van der Waals surface area contributed by atoms with E-state index in [9.17, 15) is 4.79 Å². The van der Waals surface area contributed by atoms with Gasteiger partial charge in [-0.25, -0.2) is 4.98 Å². The maximum Gasteiger partial charge on any atom is 0.224 e. The Morgan fingerprint density at radius 3 is 2.73 bits per heavy atom. The second-order valence-corrected chi connectivity index (χ2v) is 6.55. The summed E-state index contributed by atoms with van der Waals surface area (Å²) in [5.41, 5.74) is 6.21. The van der Waals surface area contributed by atoms with E-state index in [0.29, 0.717) is 24.3 Å². The van der Waals surface area contributed by atoms with E-state index in [4.69, 9.17) is 5.73 Å². The van der Waals surface area contributed by atoms with Gasteiger partial charge in [0.2, 0.25) is 5.91 Å². The summed E-state index contributed by atoms with van der Waals surface area (Å²) >= 11 is 0. The fourth-order valence-corrected chi connectivity index (χ4v) is 3.94. The van der Waals surface area contributed by atoms with Gasteiger partial charge in [0.15, 0.2) is 0 Å². The molecule has 1 aromatic heterocycles. The Kier molecular flexibility index (Phi) is 7.16. The van der Waals surface area contributed by atoms with Crippen molar-refractivity contribution in [3.63, 3.8) is 0 Å². The monoisotopic (exact) mass is 348 g/mol. The first-order valence-electron chi connectivity index (χ1n) is 7.64. The Morgan fingerprint density at radius 1 is 1.41 bits per heavy atom. The topological polar surface area (TPSA) is 72.9 Å². The third-order valence-corrected chi connectivity index (χ3v) is 4.99. The first-order chi connectivity index (χ1) is 9.65. The van der Waals surface area contributed by atoms with Gasteiger partial charge >= 0.3 is 0 Å². The summed E-state index contributed by atoms with van der Waals surface area (Å²) in [5.74, 6) is 1.72. The van der Waals surface area contributed by atoms with Gasteiger partial charge in [0.05, 0.1) is 12.2 Å². The number of halogens is 2. The molecule has 22 heavy (non-hydrogen) atoms. The van der Waals surface area contributed by atoms with E-state index < -0.39 is 0 Å². The highest BCUT2D eigenvalue weighted by Crippen LogP contribution is 2.47. The molecule has 7 heteroatoms. The number of fused-ring (bicyclic) bond motifs is 2. The van der Waals surface area contributed by atoms with Crippen LogP contribution in [0.5, 0.6) is 0 Å². The van der Waals surface area contributed by atoms with E-state index in [0.717, 1.165) is 13.0 Å². The molecule has 3 N–H and O–H groups in total. The lowest BCUT2D eigenvalue weighted by Crippen LogP contribution is -2.46. The van der Waals surface area contributed by atoms with E-state index >= 15 is 0 Å². The second kappa shape index (κ2) is 8.18. The van der Waals surface area contributed by atoms with Crippen LogP contribution in [0.2, 0.25) is 0 Å². The lowest BCUT2D eigenvalue weighted by molar-refractivity contribution is -0.127. The number of rotatable bonds is 5. The number of imidazole rings is 1. The summed E-state index contributed by atoms with van der Waals surface area (Å²) in [4.78, 5) is 16.4.